The van der Waals surface area contributed by atoms with Gasteiger partial charge in [0.1, 0.15) is 4.70 Å². The summed E-state index contributed by atoms with van der Waals surface area (Å²) in [6, 6.07) is 5.90. The van der Waals surface area contributed by atoms with E-state index in [0.717, 1.165) is 6.42 Å². The molecule has 3 aromatic rings. The number of fused-ring (bicyclic) bond motifs is 1. The lowest BCUT2D eigenvalue weighted by molar-refractivity contribution is -0.120. The van der Waals surface area contributed by atoms with Gasteiger partial charge >= 0.3 is 0 Å². The summed E-state index contributed by atoms with van der Waals surface area (Å²) >= 11 is 4.38. The van der Waals surface area contributed by atoms with E-state index < -0.39 is 0 Å². The number of carbonyl (C=O) groups excluding carboxylic acids is 1. The van der Waals surface area contributed by atoms with Gasteiger partial charge in [-0.05, 0) is 36.2 Å². The molecule has 0 saturated carbocycles. The number of thiophene rings is 2. The van der Waals surface area contributed by atoms with E-state index in [4.69, 9.17) is 0 Å². The third-order valence-electron chi connectivity index (χ3n) is 3.55. The summed E-state index contributed by atoms with van der Waals surface area (Å²) in [7, 11) is 1.69. The van der Waals surface area contributed by atoms with Crippen LogP contribution >= 0.6 is 34.4 Å². The van der Waals surface area contributed by atoms with Crippen molar-refractivity contribution in [3.63, 3.8) is 0 Å². The van der Waals surface area contributed by atoms with Gasteiger partial charge in [-0.3, -0.25) is 14.2 Å². The van der Waals surface area contributed by atoms with Gasteiger partial charge in [-0.1, -0.05) is 17.8 Å². The van der Waals surface area contributed by atoms with Gasteiger partial charge in [0.05, 0.1) is 10.8 Å². The molecule has 1 unspecified atom stereocenters. The Labute approximate surface area is 151 Å². The summed E-state index contributed by atoms with van der Waals surface area (Å²) in [6.07, 6.45) is 0.832. The smallest absolute Gasteiger partial charge is 0.271 e. The van der Waals surface area contributed by atoms with Gasteiger partial charge in [-0.25, -0.2) is 4.98 Å². The fraction of sp³-hybridized carbons (Fsp3) is 0.312. The topological polar surface area (TPSA) is 64.0 Å². The third-order valence-corrected chi connectivity index (χ3v) is 6.52. The van der Waals surface area contributed by atoms with Crippen LogP contribution in [0.2, 0.25) is 0 Å². The van der Waals surface area contributed by atoms with Gasteiger partial charge in [-0.2, -0.15) is 0 Å². The van der Waals surface area contributed by atoms with Gasteiger partial charge < -0.3 is 5.32 Å². The molecule has 1 amide bonds. The second kappa shape index (κ2) is 7.50. The van der Waals surface area contributed by atoms with Crippen molar-refractivity contribution >= 4 is 50.6 Å². The monoisotopic (exact) mass is 379 g/mol. The van der Waals surface area contributed by atoms with Gasteiger partial charge in [0.2, 0.25) is 5.91 Å². The quantitative estimate of drug-likeness (QED) is 0.528. The zero-order valence-corrected chi connectivity index (χ0v) is 15.8. The minimum absolute atomic E-state index is 0.0452. The maximum absolute atomic E-state index is 12.3. The van der Waals surface area contributed by atoms with Crippen molar-refractivity contribution < 1.29 is 4.79 Å². The molecule has 0 spiro atoms. The number of rotatable bonds is 6. The lowest BCUT2D eigenvalue weighted by Gasteiger charge is -2.13. The van der Waals surface area contributed by atoms with E-state index in [-0.39, 0.29) is 16.7 Å². The molecule has 3 rings (SSSR count). The normalized spacial score (nSPS) is 12.4. The Morgan fingerprint density at radius 3 is 2.96 bits per heavy atom. The number of nitrogens with one attached hydrogen (secondary N) is 1. The van der Waals surface area contributed by atoms with Crippen LogP contribution in [0.15, 0.2) is 38.9 Å². The van der Waals surface area contributed by atoms with E-state index in [1.54, 1.807) is 18.4 Å². The maximum atomic E-state index is 12.3. The van der Waals surface area contributed by atoms with E-state index in [1.807, 2.05) is 29.8 Å². The zero-order valence-electron chi connectivity index (χ0n) is 13.3. The molecule has 0 bridgehead atoms. The number of hydrogen-bond acceptors (Lipinski definition) is 6. The first-order valence-corrected chi connectivity index (χ1v) is 10.1. The molecular weight excluding hydrogens is 362 g/mol. The second-order valence-corrected chi connectivity index (χ2v) is 8.53. The second-order valence-electron chi connectivity index (χ2n) is 5.27. The molecule has 3 aromatic heterocycles. The summed E-state index contributed by atoms with van der Waals surface area (Å²) < 4.78 is 2.16. The molecule has 1 atom stereocenters. The van der Waals surface area contributed by atoms with E-state index in [9.17, 15) is 9.59 Å². The Bertz CT molecular complexity index is 899. The molecule has 0 fully saturated rings. The molecule has 0 aliphatic rings. The van der Waals surface area contributed by atoms with E-state index in [1.165, 1.54) is 32.5 Å². The Morgan fingerprint density at radius 1 is 1.38 bits per heavy atom. The predicted molar refractivity (Wildman–Crippen MR) is 101 cm³/mol. The van der Waals surface area contributed by atoms with E-state index >= 15 is 0 Å². The van der Waals surface area contributed by atoms with E-state index in [0.29, 0.717) is 21.9 Å². The molecule has 1 N–H and O–H groups in total. The summed E-state index contributed by atoms with van der Waals surface area (Å²) in [5.74, 6) is -0.0452. The van der Waals surface area contributed by atoms with Crippen LogP contribution in [0.25, 0.3) is 10.2 Å². The summed E-state index contributed by atoms with van der Waals surface area (Å²) in [6.45, 7) is 2.44. The number of aromatic nitrogens is 2. The molecule has 0 aromatic carbocycles. The lowest BCUT2D eigenvalue weighted by atomic mass is 10.3. The van der Waals surface area contributed by atoms with Crippen LogP contribution in [0.4, 0.5) is 0 Å². The first kappa shape index (κ1) is 17.2. The lowest BCUT2D eigenvalue weighted by Crippen LogP contribution is -2.33. The predicted octanol–water partition coefficient (Wildman–Crippen LogP) is 2.90. The summed E-state index contributed by atoms with van der Waals surface area (Å²) in [5, 5.41) is 7.07. The number of carbonyl (C=O) groups is 1. The molecule has 3 heterocycles. The molecule has 5 nitrogen and oxygen atoms in total. The van der Waals surface area contributed by atoms with Crippen LogP contribution in [0.1, 0.15) is 11.8 Å². The zero-order chi connectivity index (χ0) is 17.1. The van der Waals surface area contributed by atoms with Gasteiger partial charge in [0, 0.05) is 18.5 Å². The Kier molecular flexibility index (Phi) is 5.37. The molecule has 24 heavy (non-hydrogen) atoms. The first-order chi connectivity index (χ1) is 11.6. The standard InChI is InChI=1S/C16H17N3O2S3/c1-10(14(20)17-7-5-11-4-3-8-22-11)24-16-18-12-6-9-23-13(12)15(21)19(16)2/h3-4,6,8-10H,5,7H2,1-2H3,(H,17,20). The van der Waals surface area contributed by atoms with Crippen molar-refractivity contribution in [3.05, 3.63) is 44.2 Å². The highest BCUT2D eigenvalue weighted by molar-refractivity contribution is 8.00. The minimum atomic E-state index is -0.317. The van der Waals surface area contributed by atoms with Gasteiger partial charge in [0.15, 0.2) is 5.16 Å². The molecule has 0 aliphatic heterocycles. The fourth-order valence-corrected chi connectivity index (χ4v) is 4.61. The minimum Gasteiger partial charge on any atom is -0.355 e. The number of nitrogens with zero attached hydrogens (tertiary/aromatic N) is 2. The number of amides is 1. The molecule has 0 radical (unpaired) electrons. The van der Waals surface area contributed by atoms with Crippen molar-refractivity contribution in [3.8, 4) is 0 Å². The van der Waals surface area contributed by atoms with Crippen molar-refractivity contribution in [2.75, 3.05) is 6.54 Å². The van der Waals surface area contributed by atoms with E-state index in [2.05, 4.69) is 16.4 Å². The largest absolute Gasteiger partial charge is 0.355 e. The average molecular weight is 380 g/mol. The number of hydrogen-bond donors (Lipinski definition) is 1. The van der Waals surface area contributed by atoms with Gasteiger partial charge in [0.25, 0.3) is 5.56 Å². The summed E-state index contributed by atoms with van der Waals surface area (Å²) in [5.41, 5.74) is 0.624. The van der Waals surface area contributed by atoms with Crippen LogP contribution < -0.4 is 10.9 Å². The highest BCUT2D eigenvalue weighted by atomic mass is 32.2. The Morgan fingerprint density at radius 2 is 2.21 bits per heavy atom. The van der Waals surface area contributed by atoms with Crippen LogP contribution in [-0.2, 0) is 18.3 Å². The molecule has 126 valence electrons. The molecule has 8 heteroatoms. The van der Waals surface area contributed by atoms with Crippen LogP contribution in [0.3, 0.4) is 0 Å². The molecule has 0 aliphatic carbocycles. The first-order valence-electron chi connectivity index (χ1n) is 7.47. The maximum Gasteiger partial charge on any atom is 0.271 e. The third kappa shape index (κ3) is 3.71. The van der Waals surface area contributed by atoms with Crippen LogP contribution in [-0.4, -0.2) is 27.3 Å². The Balaban J connectivity index is 1.63. The van der Waals surface area contributed by atoms with Crippen molar-refractivity contribution in [1.82, 2.24) is 14.9 Å². The van der Waals surface area contributed by atoms with Crippen molar-refractivity contribution in [2.45, 2.75) is 23.8 Å². The van der Waals surface area contributed by atoms with Crippen LogP contribution in [0, 0.1) is 0 Å². The Hall–Kier alpha value is -1.64. The highest BCUT2D eigenvalue weighted by Crippen LogP contribution is 2.23. The van der Waals surface area contributed by atoms with Crippen LogP contribution in [0.5, 0.6) is 0 Å². The number of thioether (sulfide) groups is 1. The fourth-order valence-electron chi connectivity index (χ4n) is 2.19. The van der Waals surface area contributed by atoms with Gasteiger partial charge in [-0.15, -0.1) is 22.7 Å². The highest BCUT2D eigenvalue weighted by Gasteiger charge is 2.18. The summed E-state index contributed by atoms with van der Waals surface area (Å²) in [4.78, 5) is 30.3. The average Bonchev–Trinajstić information content (AvgIpc) is 3.23. The van der Waals surface area contributed by atoms with Crippen molar-refractivity contribution in [2.24, 2.45) is 7.05 Å². The van der Waals surface area contributed by atoms with Crippen molar-refractivity contribution in [1.29, 1.82) is 0 Å². The molecular formula is C16H17N3O2S3. The SMILES string of the molecule is CC(Sc1nc2ccsc2c(=O)n1C)C(=O)NCCc1cccs1. The molecule has 0 saturated heterocycles.